The fraction of sp³-hybridized carbons (Fsp3) is 0.778. The van der Waals surface area contributed by atoms with Gasteiger partial charge in [-0.2, -0.15) is 0 Å². The average Bonchev–Trinajstić information content (AvgIpc) is 3.20. The number of hydrogen-bond donors (Lipinski definition) is 0. The maximum atomic E-state index is 11.9. The zero-order valence-electron chi connectivity index (χ0n) is 15.7. The van der Waals surface area contributed by atoms with E-state index in [4.69, 9.17) is 9.47 Å². The van der Waals surface area contributed by atoms with Gasteiger partial charge < -0.3 is 14.2 Å². The van der Waals surface area contributed by atoms with E-state index < -0.39 is 47.7 Å². The van der Waals surface area contributed by atoms with Crippen molar-refractivity contribution in [2.75, 3.05) is 6.61 Å². The lowest BCUT2D eigenvalue weighted by molar-refractivity contribution is -0.156. The van der Waals surface area contributed by atoms with E-state index in [1.54, 1.807) is 6.92 Å². The van der Waals surface area contributed by atoms with Crippen molar-refractivity contribution in [3.05, 3.63) is 0 Å². The third-order valence-corrected chi connectivity index (χ3v) is 4.66. The van der Waals surface area contributed by atoms with Gasteiger partial charge in [-0.25, -0.2) is 0 Å². The van der Waals surface area contributed by atoms with Gasteiger partial charge in [-0.3, -0.25) is 19.2 Å². The summed E-state index contributed by atoms with van der Waals surface area (Å²) >= 11 is 0. The van der Waals surface area contributed by atoms with Crippen LogP contribution in [-0.2, 0) is 33.4 Å². The third kappa shape index (κ3) is 4.02. The highest BCUT2D eigenvalue weighted by Gasteiger charge is 2.57. The molecule has 3 fully saturated rings. The van der Waals surface area contributed by atoms with Crippen LogP contribution in [0.4, 0.5) is 0 Å². The zero-order valence-corrected chi connectivity index (χ0v) is 15.7. The molecule has 3 aliphatic rings. The molecule has 0 amide bonds. The highest BCUT2D eigenvalue weighted by atomic mass is 16.6. The average molecular weight is 356 g/mol. The van der Waals surface area contributed by atoms with Crippen molar-refractivity contribution < 1.29 is 33.4 Å². The highest BCUT2D eigenvalue weighted by molar-refractivity contribution is 5.97. The van der Waals surface area contributed by atoms with E-state index >= 15 is 0 Å². The van der Waals surface area contributed by atoms with Crippen LogP contribution in [0.2, 0.25) is 0 Å². The molecule has 6 unspecified atom stereocenters. The van der Waals surface area contributed by atoms with Crippen molar-refractivity contribution >= 4 is 23.9 Å². The van der Waals surface area contributed by atoms with E-state index in [0.29, 0.717) is 6.61 Å². The van der Waals surface area contributed by atoms with Gasteiger partial charge in [-0.15, -0.1) is 0 Å². The molecule has 3 rings (SSSR count). The summed E-state index contributed by atoms with van der Waals surface area (Å²) in [6, 6.07) is 0. The van der Waals surface area contributed by atoms with Gasteiger partial charge in [0, 0.05) is 11.8 Å². The number of cyclic esters (lactones) is 4. The molecule has 0 radical (unpaired) electrons. The van der Waals surface area contributed by atoms with Crippen molar-refractivity contribution in [3.8, 4) is 0 Å². The molecule has 6 atom stereocenters. The maximum absolute atomic E-state index is 11.9. The molecule has 0 aromatic rings. The lowest BCUT2D eigenvalue weighted by atomic mass is 9.74. The van der Waals surface area contributed by atoms with E-state index in [9.17, 15) is 19.2 Å². The molecule has 25 heavy (non-hydrogen) atoms. The Morgan fingerprint density at radius 1 is 0.840 bits per heavy atom. The Balaban J connectivity index is 0.000000730. The van der Waals surface area contributed by atoms with Gasteiger partial charge in [-0.05, 0) is 0 Å². The summed E-state index contributed by atoms with van der Waals surface area (Å²) in [4.78, 5) is 46.9. The Morgan fingerprint density at radius 3 is 1.88 bits per heavy atom. The van der Waals surface area contributed by atoms with Crippen LogP contribution < -0.4 is 0 Å². The molecule has 0 aromatic carbocycles. The Hall–Kier alpha value is -1.92. The fourth-order valence-electron chi connectivity index (χ4n) is 3.54. The molecule has 3 aliphatic heterocycles. The molecule has 0 spiro atoms. The number of carbonyl (C=O) groups is 4. The lowest BCUT2D eigenvalue weighted by Gasteiger charge is -2.26. The standard InChI is InChI=1S/C14H16O7.2C2H6/c1-5-4-19-13(17)9(5)7-3-8(15)20-11(7)10-6(2)12(16)21-14(10)18;2*1-2/h5-7,9-11H,3-4H2,1-2H3;2*1-2H3. The van der Waals surface area contributed by atoms with Crippen LogP contribution in [0.15, 0.2) is 0 Å². The topological polar surface area (TPSA) is 96.0 Å². The second-order valence-corrected chi connectivity index (χ2v) is 6.01. The quantitative estimate of drug-likeness (QED) is 0.425. The first-order chi connectivity index (χ1) is 11.9. The molecule has 0 saturated carbocycles. The van der Waals surface area contributed by atoms with E-state index in [0.717, 1.165) is 0 Å². The maximum Gasteiger partial charge on any atom is 0.321 e. The van der Waals surface area contributed by atoms with Crippen molar-refractivity contribution in [1.82, 2.24) is 0 Å². The molecule has 0 aliphatic carbocycles. The summed E-state index contributed by atoms with van der Waals surface area (Å²) in [6.45, 7) is 11.7. The fourth-order valence-corrected chi connectivity index (χ4v) is 3.54. The van der Waals surface area contributed by atoms with E-state index in [1.165, 1.54) is 0 Å². The van der Waals surface area contributed by atoms with Gasteiger partial charge in [0.2, 0.25) is 0 Å². The first-order valence-corrected chi connectivity index (χ1v) is 9.01. The smallest absolute Gasteiger partial charge is 0.321 e. The van der Waals surface area contributed by atoms with Crippen molar-refractivity contribution in [3.63, 3.8) is 0 Å². The second-order valence-electron chi connectivity index (χ2n) is 6.01. The van der Waals surface area contributed by atoms with Crippen molar-refractivity contribution in [1.29, 1.82) is 0 Å². The molecular weight excluding hydrogens is 328 g/mol. The minimum absolute atomic E-state index is 0.0528. The number of ether oxygens (including phenoxy) is 3. The lowest BCUT2D eigenvalue weighted by Crippen LogP contribution is -2.39. The third-order valence-electron chi connectivity index (χ3n) is 4.66. The van der Waals surface area contributed by atoms with E-state index in [2.05, 4.69) is 4.74 Å². The van der Waals surface area contributed by atoms with Gasteiger partial charge in [-0.1, -0.05) is 41.5 Å². The molecule has 0 aromatic heterocycles. The number of hydrogen-bond acceptors (Lipinski definition) is 7. The summed E-state index contributed by atoms with van der Waals surface area (Å²) in [5, 5.41) is 0. The summed E-state index contributed by atoms with van der Waals surface area (Å²) in [7, 11) is 0. The van der Waals surface area contributed by atoms with Crippen LogP contribution in [0.3, 0.4) is 0 Å². The molecule has 142 valence electrons. The summed E-state index contributed by atoms with van der Waals surface area (Å²) in [6.07, 6.45) is -0.746. The van der Waals surface area contributed by atoms with Crippen molar-refractivity contribution in [2.24, 2.45) is 29.6 Å². The van der Waals surface area contributed by atoms with E-state index in [1.807, 2.05) is 34.6 Å². The Morgan fingerprint density at radius 2 is 1.44 bits per heavy atom. The summed E-state index contributed by atoms with van der Waals surface area (Å²) in [5.74, 6) is -4.64. The largest absolute Gasteiger partial charge is 0.465 e. The summed E-state index contributed by atoms with van der Waals surface area (Å²) < 4.78 is 14.9. The molecule has 7 heteroatoms. The SMILES string of the molecule is CC.CC.CC1COC(=O)C1C1CC(=O)OC1C1C(=O)OC(=O)C1C. The van der Waals surface area contributed by atoms with E-state index in [-0.39, 0.29) is 18.3 Å². The predicted octanol–water partition coefficient (Wildman–Crippen LogP) is 2.12. The van der Waals surface area contributed by atoms with Crippen LogP contribution in [0.25, 0.3) is 0 Å². The van der Waals surface area contributed by atoms with Gasteiger partial charge in [0.15, 0.2) is 0 Å². The van der Waals surface area contributed by atoms with Crippen LogP contribution in [0.5, 0.6) is 0 Å². The van der Waals surface area contributed by atoms with Gasteiger partial charge >= 0.3 is 23.9 Å². The normalized spacial score (nSPS) is 36.6. The van der Waals surface area contributed by atoms with Gasteiger partial charge in [0.1, 0.15) is 12.0 Å². The molecule has 0 N–H and O–H groups in total. The van der Waals surface area contributed by atoms with Crippen LogP contribution in [-0.4, -0.2) is 36.6 Å². The number of rotatable bonds is 2. The number of esters is 4. The molecule has 7 nitrogen and oxygen atoms in total. The Kier molecular flexibility index (Phi) is 7.58. The molecule has 3 heterocycles. The molecular formula is C18H28O7. The Bertz CT molecular complexity index is 528. The summed E-state index contributed by atoms with van der Waals surface area (Å²) in [5.41, 5.74) is 0. The zero-order chi connectivity index (χ0) is 19.3. The first-order valence-electron chi connectivity index (χ1n) is 9.01. The highest BCUT2D eigenvalue weighted by Crippen LogP contribution is 2.43. The number of carbonyl (C=O) groups excluding carboxylic acids is 4. The minimum Gasteiger partial charge on any atom is -0.465 e. The predicted molar refractivity (Wildman–Crippen MR) is 88.0 cm³/mol. The van der Waals surface area contributed by atoms with Crippen molar-refractivity contribution in [2.45, 2.75) is 54.1 Å². The Labute approximate surface area is 148 Å². The van der Waals surface area contributed by atoms with Crippen LogP contribution in [0, 0.1) is 29.6 Å². The van der Waals surface area contributed by atoms with Crippen LogP contribution in [0.1, 0.15) is 48.0 Å². The molecule has 0 bridgehead atoms. The molecule has 3 saturated heterocycles. The first kappa shape index (κ1) is 21.1. The second kappa shape index (κ2) is 8.97. The minimum atomic E-state index is -0.838. The van der Waals surface area contributed by atoms with Gasteiger partial charge in [0.05, 0.1) is 24.9 Å². The van der Waals surface area contributed by atoms with Crippen LogP contribution >= 0.6 is 0 Å². The monoisotopic (exact) mass is 356 g/mol. The van der Waals surface area contributed by atoms with Gasteiger partial charge in [0.25, 0.3) is 0 Å².